The monoisotopic (exact) mass is 917 g/mol. The third-order valence-corrected chi connectivity index (χ3v) is 10.3. The molecule has 14 heteroatoms. The van der Waals surface area contributed by atoms with Crippen LogP contribution in [0.1, 0.15) is 104 Å². The van der Waals surface area contributed by atoms with Crippen molar-refractivity contribution in [1.29, 1.82) is 0 Å². The fourth-order valence-electron chi connectivity index (χ4n) is 6.51. The van der Waals surface area contributed by atoms with Crippen molar-refractivity contribution in [3.05, 3.63) is 109 Å². The van der Waals surface area contributed by atoms with Crippen molar-refractivity contribution in [3.8, 4) is 0 Å². The van der Waals surface area contributed by atoms with Gasteiger partial charge in [0.15, 0.2) is 12.6 Å². The summed E-state index contributed by atoms with van der Waals surface area (Å²) in [7, 11) is 0. The van der Waals surface area contributed by atoms with E-state index in [9.17, 15) is 40.5 Å². The van der Waals surface area contributed by atoms with Crippen LogP contribution in [0.2, 0.25) is 0 Å². The van der Waals surface area contributed by atoms with Crippen molar-refractivity contribution in [2.45, 2.75) is 171 Å². The fourth-order valence-corrected chi connectivity index (χ4v) is 6.51. The maximum Gasteiger partial charge on any atom is 0.306 e. The molecule has 2 heterocycles. The Morgan fingerprint density at radius 1 is 0.508 bits per heavy atom. The van der Waals surface area contributed by atoms with Crippen LogP contribution >= 0.6 is 0 Å². The summed E-state index contributed by atoms with van der Waals surface area (Å²) in [5.74, 6) is -0.448. The zero-order valence-electron chi connectivity index (χ0n) is 38.7. The van der Waals surface area contributed by atoms with E-state index in [2.05, 4.69) is 117 Å². The molecule has 14 nitrogen and oxygen atoms in total. The molecule has 0 bridgehead atoms. The van der Waals surface area contributed by atoms with Gasteiger partial charge in [-0.25, -0.2) is 0 Å². The van der Waals surface area contributed by atoms with Gasteiger partial charge in [-0.3, -0.25) is 4.79 Å². The highest BCUT2D eigenvalue weighted by Crippen LogP contribution is 2.26. The molecule has 0 spiro atoms. The second-order valence-electron chi connectivity index (χ2n) is 15.8. The number of aliphatic hydroxyl groups is 7. The first-order valence-corrected chi connectivity index (χ1v) is 23.5. The normalized spacial score (nSPS) is 27.5. The highest BCUT2D eigenvalue weighted by Gasteiger charge is 2.47. The van der Waals surface area contributed by atoms with Gasteiger partial charge in [-0.05, 0) is 83.5 Å². The van der Waals surface area contributed by atoms with E-state index in [4.69, 9.17) is 28.4 Å². The predicted octanol–water partition coefficient (Wildman–Crippen LogP) is 6.06. The number of ether oxygens (including phenoxy) is 6. The molecule has 2 saturated heterocycles. The zero-order valence-corrected chi connectivity index (χ0v) is 38.7. The zero-order chi connectivity index (χ0) is 47.3. The highest BCUT2D eigenvalue weighted by molar-refractivity contribution is 5.69. The maximum atomic E-state index is 12.9. The number of aliphatic hydroxyl groups excluding tert-OH is 7. The van der Waals surface area contributed by atoms with Gasteiger partial charge in [0, 0.05) is 6.42 Å². The molecule has 0 amide bonds. The summed E-state index contributed by atoms with van der Waals surface area (Å²) in [5.41, 5.74) is 0. The van der Waals surface area contributed by atoms with Gasteiger partial charge in [0.25, 0.3) is 0 Å². The Morgan fingerprint density at radius 3 is 1.43 bits per heavy atom. The van der Waals surface area contributed by atoms with Crippen LogP contribution in [0.25, 0.3) is 0 Å². The van der Waals surface area contributed by atoms with E-state index in [1.54, 1.807) is 0 Å². The largest absolute Gasteiger partial charge is 0.457 e. The van der Waals surface area contributed by atoms with Crippen LogP contribution in [0.3, 0.4) is 0 Å². The van der Waals surface area contributed by atoms with E-state index < -0.39 is 86.7 Å². The van der Waals surface area contributed by atoms with E-state index in [1.807, 2.05) is 6.08 Å². The minimum atomic E-state index is -1.73. The maximum absolute atomic E-state index is 12.9. The first kappa shape index (κ1) is 57.8. The van der Waals surface area contributed by atoms with Crippen molar-refractivity contribution in [3.63, 3.8) is 0 Å². The SMILES string of the molecule is CC/C=C\C/C=C\C/C=C\C/C=C\C/C=C\CCOCC(COC1OC(COC2OC(CO)C(O)C(O)C2O)C(O)C(O)C1O)OC(=O)CCCC/C=C\C/C=C\C/C=C\C/C=C\CC. The molecule has 2 fully saturated rings. The number of esters is 1. The number of hydrogen-bond donors (Lipinski definition) is 7. The molecule has 2 aliphatic heterocycles. The lowest BCUT2D eigenvalue weighted by molar-refractivity contribution is -0.332. The molecule has 11 atom stereocenters. The number of unbranched alkanes of at least 4 members (excludes halogenated alkanes) is 2. The van der Waals surface area contributed by atoms with Crippen LogP contribution in [0, 0.1) is 0 Å². The third-order valence-electron chi connectivity index (χ3n) is 10.3. The molecule has 65 heavy (non-hydrogen) atoms. The minimum absolute atomic E-state index is 0.0178. The predicted molar refractivity (Wildman–Crippen MR) is 251 cm³/mol. The molecule has 2 rings (SSSR count). The molecule has 368 valence electrons. The molecule has 0 radical (unpaired) electrons. The van der Waals surface area contributed by atoms with Gasteiger partial charge in [0.05, 0.1) is 33.0 Å². The lowest BCUT2D eigenvalue weighted by atomic mass is 9.98. The van der Waals surface area contributed by atoms with Crippen molar-refractivity contribution in [1.82, 2.24) is 0 Å². The Bertz CT molecular complexity index is 1480. The van der Waals surface area contributed by atoms with Gasteiger partial charge in [-0.2, -0.15) is 0 Å². The molecule has 0 aromatic heterocycles. The molecular weight excluding hydrogens is 837 g/mol. The van der Waals surface area contributed by atoms with Crippen molar-refractivity contribution in [2.75, 3.05) is 33.0 Å². The van der Waals surface area contributed by atoms with Gasteiger partial charge in [0.2, 0.25) is 0 Å². The minimum Gasteiger partial charge on any atom is -0.457 e. The summed E-state index contributed by atoms with van der Waals surface area (Å²) in [4.78, 5) is 12.9. The summed E-state index contributed by atoms with van der Waals surface area (Å²) in [6, 6.07) is 0. The molecule has 0 saturated carbocycles. The van der Waals surface area contributed by atoms with Crippen LogP contribution in [0.5, 0.6) is 0 Å². The average Bonchev–Trinajstić information content (AvgIpc) is 3.30. The summed E-state index contributed by atoms with van der Waals surface area (Å²) in [6.45, 7) is 3.12. The highest BCUT2D eigenvalue weighted by atomic mass is 16.7. The Balaban J connectivity index is 1.87. The first-order valence-electron chi connectivity index (χ1n) is 23.5. The lowest BCUT2D eigenvalue weighted by Crippen LogP contribution is -2.61. The van der Waals surface area contributed by atoms with Crippen molar-refractivity contribution >= 4 is 5.97 Å². The number of hydrogen-bond acceptors (Lipinski definition) is 14. The van der Waals surface area contributed by atoms with Crippen LogP contribution in [0.4, 0.5) is 0 Å². The third kappa shape index (κ3) is 26.0. The topological polar surface area (TPSA) is 214 Å². The first-order chi connectivity index (χ1) is 31.6. The van der Waals surface area contributed by atoms with E-state index in [1.165, 1.54) is 0 Å². The van der Waals surface area contributed by atoms with Gasteiger partial charge < -0.3 is 64.2 Å². The van der Waals surface area contributed by atoms with Crippen molar-refractivity contribution < 1.29 is 69.0 Å². The summed E-state index contributed by atoms with van der Waals surface area (Å²) in [5, 5.41) is 72.0. The number of carbonyl (C=O) groups is 1. The Kier molecular flexibility index (Phi) is 33.5. The molecule has 2 aliphatic rings. The number of allylic oxidation sites excluding steroid dienone is 17. The van der Waals surface area contributed by atoms with Crippen LogP contribution in [0.15, 0.2) is 109 Å². The Hall–Kier alpha value is -3.35. The lowest BCUT2D eigenvalue weighted by Gasteiger charge is -2.42. The number of rotatable bonds is 34. The quantitative estimate of drug-likeness (QED) is 0.0222. The molecule has 0 aliphatic carbocycles. The van der Waals surface area contributed by atoms with E-state index in [0.29, 0.717) is 19.4 Å². The summed E-state index contributed by atoms with van der Waals surface area (Å²) < 4.78 is 34.0. The molecule has 0 aromatic rings. The molecular formula is C51H80O14. The van der Waals surface area contributed by atoms with Gasteiger partial charge >= 0.3 is 5.97 Å². The van der Waals surface area contributed by atoms with Crippen LogP contribution < -0.4 is 0 Å². The van der Waals surface area contributed by atoms with E-state index in [0.717, 1.165) is 70.6 Å². The standard InChI is InChI=1S/C51H80O14/c1-3-5-7-9-11-13-15-17-19-21-23-25-27-29-31-33-35-60-37-40(63-43(53)34-32-30-28-26-24-22-20-18-16-14-12-10-8-6-4-2)38-61-50-49(59)47(57)45(55)42(65-50)39-62-51-48(58)46(56)44(54)41(36-52)64-51/h5-8,11-14,17-20,23-26,29,31,40-42,44-52,54-59H,3-4,9-10,15-16,21-22,27-28,30,32-39H2,1-2H3/b7-5-,8-6-,13-11-,14-12-,19-17-,20-18-,25-23-,26-24-,31-29-. The van der Waals surface area contributed by atoms with Gasteiger partial charge in [-0.15, -0.1) is 0 Å². The van der Waals surface area contributed by atoms with Crippen LogP contribution in [-0.2, 0) is 33.2 Å². The Morgan fingerprint density at radius 2 is 0.938 bits per heavy atom. The van der Waals surface area contributed by atoms with Crippen molar-refractivity contribution in [2.24, 2.45) is 0 Å². The Labute approximate surface area is 387 Å². The van der Waals surface area contributed by atoms with Gasteiger partial charge in [0.1, 0.15) is 54.9 Å². The fraction of sp³-hybridized carbons (Fsp3) is 0.627. The van der Waals surface area contributed by atoms with Gasteiger partial charge in [-0.1, -0.05) is 123 Å². The number of carbonyl (C=O) groups excluding carboxylic acids is 1. The summed E-state index contributed by atoms with van der Waals surface area (Å²) in [6.07, 6.45) is 33.3. The summed E-state index contributed by atoms with van der Waals surface area (Å²) >= 11 is 0. The molecule has 11 unspecified atom stereocenters. The smallest absolute Gasteiger partial charge is 0.306 e. The van der Waals surface area contributed by atoms with E-state index in [-0.39, 0.29) is 19.6 Å². The second-order valence-corrected chi connectivity index (χ2v) is 15.8. The molecule has 7 N–H and O–H groups in total. The molecule has 0 aromatic carbocycles. The average molecular weight is 917 g/mol. The van der Waals surface area contributed by atoms with Crippen LogP contribution in [-0.4, -0.2) is 142 Å². The second kappa shape index (κ2) is 37.7. The van der Waals surface area contributed by atoms with E-state index >= 15 is 0 Å².